The molecule has 2 atom stereocenters. The average molecular weight is 345 g/mol. The molecule has 4 aliphatic carbocycles. The fourth-order valence-electron chi connectivity index (χ4n) is 5.23. The molecule has 0 aromatic rings. The number of aliphatic carboxylic acids is 1. The van der Waals surface area contributed by atoms with E-state index in [0.29, 0.717) is 19.0 Å². The molecule has 5 aliphatic rings. The van der Waals surface area contributed by atoms with Crippen LogP contribution in [0.4, 0.5) is 0 Å². The summed E-state index contributed by atoms with van der Waals surface area (Å²) in [5, 5.41) is 8.98. The molecule has 1 aliphatic heterocycles. The monoisotopic (exact) mass is 345 g/mol. The van der Waals surface area contributed by atoms with Crippen molar-refractivity contribution in [2.45, 2.75) is 45.4 Å². The molecule has 0 radical (unpaired) electrons. The van der Waals surface area contributed by atoms with Crippen molar-refractivity contribution >= 4 is 5.97 Å². The van der Waals surface area contributed by atoms with Gasteiger partial charge in [-0.25, -0.2) is 0 Å². The van der Waals surface area contributed by atoms with Gasteiger partial charge in [-0.3, -0.25) is 9.69 Å². The predicted molar refractivity (Wildman–Crippen MR) is 97.0 cm³/mol. The number of likely N-dealkylation sites (tertiary alicyclic amines) is 1. The van der Waals surface area contributed by atoms with Gasteiger partial charge in [0.1, 0.15) is 0 Å². The fourth-order valence-corrected chi connectivity index (χ4v) is 5.23. The van der Waals surface area contributed by atoms with Gasteiger partial charge in [0.05, 0.1) is 18.3 Å². The van der Waals surface area contributed by atoms with Gasteiger partial charge in [0, 0.05) is 26.1 Å². The summed E-state index contributed by atoms with van der Waals surface area (Å²) in [6.07, 6.45) is 12.5. The Morgan fingerprint density at radius 3 is 2.60 bits per heavy atom. The molecular weight excluding hydrogens is 314 g/mol. The van der Waals surface area contributed by atoms with Crippen molar-refractivity contribution in [3.8, 4) is 0 Å². The number of ether oxygens (including phenoxy) is 1. The second-order valence-electron chi connectivity index (χ2n) is 8.80. The summed E-state index contributed by atoms with van der Waals surface area (Å²) in [7, 11) is 0. The van der Waals surface area contributed by atoms with Crippen molar-refractivity contribution in [2.24, 2.45) is 29.6 Å². The van der Waals surface area contributed by atoms with Crippen LogP contribution in [-0.4, -0.2) is 42.2 Å². The van der Waals surface area contributed by atoms with Gasteiger partial charge >= 0.3 is 5.97 Å². The maximum atomic E-state index is 10.9. The van der Waals surface area contributed by atoms with Gasteiger partial charge in [0.2, 0.25) is 0 Å². The van der Waals surface area contributed by atoms with Crippen molar-refractivity contribution in [2.75, 3.05) is 26.2 Å². The maximum absolute atomic E-state index is 10.9. The quantitative estimate of drug-likeness (QED) is 0.797. The van der Waals surface area contributed by atoms with Crippen molar-refractivity contribution < 1.29 is 14.6 Å². The molecule has 0 spiro atoms. The minimum absolute atomic E-state index is 0.167. The number of hydrogen-bond donors (Lipinski definition) is 1. The Hall–Kier alpha value is -1.29. The Kier molecular flexibility index (Phi) is 4.90. The highest BCUT2D eigenvalue weighted by molar-refractivity contribution is 5.71. The smallest absolute Gasteiger partial charge is 0.309 e. The fraction of sp³-hybridized carbons (Fsp3) is 0.762. The second-order valence-corrected chi connectivity index (χ2v) is 8.80. The van der Waals surface area contributed by atoms with Crippen LogP contribution in [0.2, 0.25) is 0 Å². The summed E-state index contributed by atoms with van der Waals surface area (Å²) < 4.78 is 6.21. The van der Waals surface area contributed by atoms with Crippen molar-refractivity contribution in [3.05, 3.63) is 23.5 Å². The molecule has 3 saturated carbocycles. The molecule has 2 unspecified atom stereocenters. The minimum atomic E-state index is -0.658. The van der Waals surface area contributed by atoms with Crippen LogP contribution in [0.25, 0.3) is 0 Å². The maximum Gasteiger partial charge on any atom is 0.309 e. The number of hydrogen-bond acceptors (Lipinski definition) is 3. The molecule has 138 valence electrons. The van der Waals surface area contributed by atoms with E-state index in [0.717, 1.165) is 43.1 Å². The highest BCUT2D eigenvalue weighted by Crippen LogP contribution is 2.45. The summed E-state index contributed by atoms with van der Waals surface area (Å²) in [5.74, 6) is 3.47. The van der Waals surface area contributed by atoms with Gasteiger partial charge in [0.25, 0.3) is 0 Å². The number of fused-ring (bicyclic) bond motifs is 3. The van der Waals surface area contributed by atoms with E-state index >= 15 is 0 Å². The first kappa shape index (κ1) is 17.1. The van der Waals surface area contributed by atoms with Crippen LogP contribution in [0.15, 0.2) is 23.5 Å². The van der Waals surface area contributed by atoms with Crippen molar-refractivity contribution in [3.63, 3.8) is 0 Å². The van der Waals surface area contributed by atoms with E-state index in [2.05, 4.69) is 24.0 Å². The first-order valence-corrected chi connectivity index (χ1v) is 10.1. The van der Waals surface area contributed by atoms with Gasteiger partial charge in [0.15, 0.2) is 0 Å². The summed E-state index contributed by atoms with van der Waals surface area (Å²) in [5.41, 5.74) is 1.41. The molecule has 4 nitrogen and oxygen atoms in total. The zero-order valence-corrected chi connectivity index (χ0v) is 15.3. The number of carboxylic acids is 1. The molecule has 1 heterocycles. The topological polar surface area (TPSA) is 49.8 Å². The molecular formula is C21H31NO3. The first-order valence-electron chi connectivity index (χ1n) is 10.1. The van der Waals surface area contributed by atoms with E-state index in [-0.39, 0.29) is 5.92 Å². The molecule has 0 amide bonds. The van der Waals surface area contributed by atoms with Crippen LogP contribution >= 0.6 is 0 Å². The molecule has 5 rings (SSSR count). The second kappa shape index (κ2) is 7.14. The summed E-state index contributed by atoms with van der Waals surface area (Å²) in [6.45, 7) is 5.46. The van der Waals surface area contributed by atoms with E-state index < -0.39 is 5.97 Å². The summed E-state index contributed by atoms with van der Waals surface area (Å²) in [4.78, 5) is 13.1. The predicted octanol–water partition coefficient (Wildman–Crippen LogP) is 3.70. The SMILES string of the molecule is CC1CC(OCC2CC3CCC2CC3)=CC=C1CN1CC(C(=O)O)C1. The van der Waals surface area contributed by atoms with E-state index in [1.807, 2.05) is 0 Å². The van der Waals surface area contributed by atoms with Crippen LogP contribution in [-0.2, 0) is 9.53 Å². The molecule has 1 saturated heterocycles. The minimum Gasteiger partial charge on any atom is -0.498 e. The Morgan fingerprint density at radius 2 is 2.00 bits per heavy atom. The van der Waals surface area contributed by atoms with Gasteiger partial charge in [-0.2, -0.15) is 0 Å². The van der Waals surface area contributed by atoms with E-state index in [9.17, 15) is 4.79 Å². The number of rotatable bonds is 6. The average Bonchev–Trinajstić information content (AvgIpc) is 2.58. The van der Waals surface area contributed by atoms with Crippen LogP contribution in [0.3, 0.4) is 0 Å². The highest BCUT2D eigenvalue weighted by Gasteiger charge is 2.36. The third-order valence-electron chi connectivity index (χ3n) is 7.01. The number of carboxylic acid groups (broad SMARTS) is 1. The zero-order chi connectivity index (χ0) is 17.4. The van der Waals surface area contributed by atoms with Crippen molar-refractivity contribution in [1.82, 2.24) is 4.90 Å². The highest BCUT2D eigenvalue weighted by atomic mass is 16.5. The molecule has 4 fully saturated rings. The lowest BCUT2D eigenvalue weighted by Crippen LogP contribution is -2.51. The third kappa shape index (κ3) is 3.79. The van der Waals surface area contributed by atoms with Gasteiger partial charge in [-0.15, -0.1) is 0 Å². The van der Waals surface area contributed by atoms with Gasteiger partial charge in [-0.1, -0.05) is 31.4 Å². The van der Waals surface area contributed by atoms with Crippen LogP contribution in [0.5, 0.6) is 0 Å². The molecule has 2 bridgehead atoms. The number of carbonyl (C=O) groups is 1. The number of allylic oxidation sites excluding steroid dienone is 3. The van der Waals surface area contributed by atoms with Crippen LogP contribution < -0.4 is 0 Å². The molecule has 1 N–H and O–H groups in total. The van der Waals surface area contributed by atoms with E-state index in [1.54, 1.807) is 0 Å². The molecule has 0 aromatic carbocycles. The summed E-state index contributed by atoms with van der Waals surface area (Å²) in [6, 6.07) is 0. The molecule has 4 heteroatoms. The first-order chi connectivity index (χ1) is 12.1. The Bertz CT molecular complexity index is 568. The molecule has 0 aromatic heterocycles. The van der Waals surface area contributed by atoms with Crippen LogP contribution in [0, 0.1) is 29.6 Å². The van der Waals surface area contributed by atoms with E-state index in [4.69, 9.17) is 9.84 Å². The molecule has 25 heavy (non-hydrogen) atoms. The number of nitrogens with zero attached hydrogens (tertiary/aromatic N) is 1. The Morgan fingerprint density at radius 1 is 1.24 bits per heavy atom. The zero-order valence-electron chi connectivity index (χ0n) is 15.3. The lowest BCUT2D eigenvalue weighted by Gasteiger charge is -2.42. The van der Waals surface area contributed by atoms with Crippen molar-refractivity contribution in [1.29, 1.82) is 0 Å². The summed E-state index contributed by atoms with van der Waals surface area (Å²) >= 11 is 0. The standard InChI is InChI=1S/C21H31NO3/c1-14-8-20(25-13-18-9-15-2-4-16(18)5-3-15)7-6-17(14)10-22-11-19(12-22)21(23)24/h6-7,14-16,18-19H,2-5,8-13H2,1H3,(H,23,24). The Balaban J connectivity index is 1.26. The van der Waals surface area contributed by atoms with Gasteiger partial charge < -0.3 is 9.84 Å². The van der Waals surface area contributed by atoms with Gasteiger partial charge in [-0.05, 0) is 49.0 Å². The Labute approximate surface area is 150 Å². The van der Waals surface area contributed by atoms with E-state index in [1.165, 1.54) is 37.7 Å². The lowest BCUT2D eigenvalue weighted by atomic mass is 9.65. The lowest BCUT2D eigenvalue weighted by molar-refractivity contribution is -0.147. The van der Waals surface area contributed by atoms with Crippen LogP contribution in [0.1, 0.15) is 45.4 Å². The normalized spacial score (nSPS) is 35.7. The largest absolute Gasteiger partial charge is 0.498 e. The third-order valence-corrected chi connectivity index (χ3v) is 7.01.